The van der Waals surface area contributed by atoms with Crippen molar-refractivity contribution in [2.45, 2.75) is 64.0 Å². The topological polar surface area (TPSA) is 43.8 Å². The molecule has 1 atom stereocenters. The Bertz CT molecular complexity index is 384. The van der Waals surface area contributed by atoms with E-state index in [1.807, 2.05) is 0 Å². The lowest BCUT2D eigenvalue weighted by atomic mass is 9.93. The van der Waals surface area contributed by atoms with Crippen molar-refractivity contribution in [3.05, 3.63) is 18.0 Å². The molecule has 1 unspecified atom stereocenters. The standard InChI is InChI=1S/C14H23N3/c1-11(15)14(7-8-14)10-12-6-9-17(16-12)13-4-2-3-5-13/h6,9,11,13H,2-5,7-8,10,15H2,1H3. The lowest BCUT2D eigenvalue weighted by molar-refractivity contribution is 0.405. The highest BCUT2D eigenvalue weighted by molar-refractivity contribution is 5.11. The van der Waals surface area contributed by atoms with E-state index in [-0.39, 0.29) is 0 Å². The lowest BCUT2D eigenvalue weighted by Gasteiger charge is -2.18. The van der Waals surface area contributed by atoms with Crippen LogP contribution in [0.2, 0.25) is 0 Å². The Kier molecular flexibility index (Phi) is 2.74. The van der Waals surface area contributed by atoms with Crippen LogP contribution in [0.15, 0.2) is 12.3 Å². The molecule has 0 bridgehead atoms. The second kappa shape index (κ2) is 4.13. The van der Waals surface area contributed by atoms with E-state index in [2.05, 4.69) is 23.9 Å². The minimum atomic E-state index is 0.305. The molecule has 3 rings (SSSR count). The average Bonchev–Trinajstić information content (AvgIpc) is 2.76. The van der Waals surface area contributed by atoms with Crippen LogP contribution in [0, 0.1) is 5.41 Å². The largest absolute Gasteiger partial charge is 0.327 e. The van der Waals surface area contributed by atoms with Crippen LogP contribution < -0.4 is 5.73 Å². The summed E-state index contributed by atoms with van der Waals surface area (Å²) < 4.78 is 2.19. The Morgan fingerprint density at radius 2 is 2.18 bits per heavy atom. The van der Waals surface area contributed by atoms with Crippen molar-refractivity contribution in [3.8, 4) is 0 Å². The molecule has 0 amide bonds. The molecule has 0 spiro atoms. The molecule has 3 heteroatoms. The molecular formula is C14H23N3. The zero-order valence-electron chi connectivity index (χ0n) is 10.7. The maximum absolute atomic E-state index is 6.07. The van der Waals surface area contributed by atoms with Gasteiger partial charge < -0.3 is 5.73 Å². The fourth-order valence-corrected chi connectivity index (χ4v) is 3.16. The van der Waals surface area contributed by atoms with Crippen LogP contribution in [0.5, 0.6) is 0 Å². The van der Waals surface area contributed by atoms with E-state index < -0.39 is 0 Å². The van der Waals surface area contributed by atoms with E-state index in [4.69, 9.17) is 10.8 Å². The summed E-state index contributed by atoms with van der Waals surface area (Å²) in [7, 11) is 0. The summed E-state index contributed by atoms with van der Waals surface area (Å²) in [6.07, 6.45) is 11.1. The van der Waals surface area contributed by atoms with Gasteiger partial charge in [0.15, 0.2) is 0 Å². The van der Waals surface area contributed by atoms with Gasteiger partial charge in [-0.1, -0.05) is 12.8 Å². The van der Waals surface area contributed by atoms with E-state index in [0.717, 1.165) is 6.42 Å². The molecule has 3 nitrogen and oxygen atoms in total. The molecule has 0 radical (unpaired) electrons. The molecule has 1 aromatic heterocycles. The number of hydrogen-bond acceptors (Lipinski definition) is 2. The highest BCUT2D eigenvalue weighted by atomic mass is 15.3. The minimum absolute atomic E-state index is 0.305. The van der Waals surface area contributed by atoms with Gasteiger partial charge in [-0.2, -0.15) is 5.10 Å². The van der Waals surface area contributed by atoms with Crippen LogP contribution in [0.1, 0.15) is 57.2 Å². The zero-order chi connectivity index (χ0) is 11.9. The lowest BCUT2D eigenvalue weighted by Crippen LogP contribution is -2.30. The van der Waals surface area contributed by atoms with E-state index in [0.29, 0.717) is 17.5 Å². The van der Waals surface area contributed by atoms with Crippen molar-refractivity contribution in [2.75, 3.05) is 0 Å². The van der Waals surface area contributed by atoms with Gasteiger partial charge in [-0.05, 0) is 50.5 Å². The van der Waals surface area contributed by atoms with Gasteiger partial charge in [0.05, 0.1) is 11.7 Å². The molecule has 2 saturated carbocycles. The average molecular weight is 233 g/mol. The van der Waals surface area contributed by atoms with Gasteiger partial charge in [-0.3, -0.25) is 4.68 Å². The minimum Gasteiger partial charge on any atom is -0.327 e. The van der Waals surface area contributed by atoms with Gasteiger partial charge in [0.1, 0.15) is 0 Å². The van der Waals surface area contributed by atoms with Crippen molar-refractivity contribution in [1.29, 1.82) is 0 Å². The quantitative estimate of drug-likeness (QED) is 0.869. The molecule has 2 aliphatic rings. The molecule has 2 fully saturated rings. The van der Waals surface area contributed by atoms with Crippen molar-refractivity contribution >= 4 is 0 Å². The number of rotatable bonds is 4. The molecule has 1 heterocycles. The van der Waals surface area contributed by atoms with Crippen LogP contribution in [-0.4, -0.2) is 15.8 Å². The SMILES string of the molecule is CC(N)C1(Cc2ccn(C3CCCC3)n2)CC1. The second-order valence-electron chi connectivity index (χ2n) is 6.05. The summed E-state index contributed by atoms with van der Waals surface area (Å²) in [5, 5.41) is 4.76. The first-order valence-corrected chi connectivity index (χ1v) is 6.99. The molecule has 0 aliphatic heterocycles. The number of aromatic nitrogens is 2. The fraction of sp³-hybridized carbons (Fsp3) is 0.786. The highest BCUT2D eigenvalue weighted by Crippen LogP contribution is 2.50. The molecule has 94 valence electrons. The smallest absolute Gasteiger partial charge is 0.0630 e. The molecule has 0 saturated heterocycles. The summed E-state index contributed by atoms with van der Waals surface area (Å²) in [4.78, 5) is 0. The van der Waals surface area contributed by atoms with Gasteiger partial charge in [0, 0.05) is 12.2 Å². The van der Waals surface area contributed by atoms with E-state index in [1.54, 1.807) is 0 Å². The molecule has 0 aromatic carbocycles. The molecule has 2 aliphatic carbocycles. The normalized spacial score (nSPS) is 25.1. The number of nitrogens with zero attached hydrogens (tertiary/aromatic N) is 2. The third-order valence-corrected chi connectivity index (χ3v) is 4.75. The maximum Gasteiger partial charge on any atom is 0.0630 e. The summed E-state index contributed by atoms with van der Waals surface area (Å²) in [5.74, 6) is 0. The predicted octanol–water partition coefficient (Wildman–Crippen LogP) is 2.67. The van der Waals surface area contributed by atoms with Gasteiger partial charge in [0.2, 0.25) is 0 Å². The predicted molar refractivity (Wildman–Crippen MR) is 68.8 cm³/mol. The summed E-state index contributed by atoms with van der Waals surface area (Å²) in [6, 6.07) is 3.16. The third-order valence-electron chi connectivity index (χ3n) is 4.75. The first kappa shape index (κ1) is 11.3. The summed E-state index contributed by atoms with van der Waals surface area (Å²) in [5.41, 5.74) is 7.69. The van der Waals surface area contributed by atoms with Gasteiger partial charge in [-0.15, -0.1) is 0 Å². The van der Waals surface area contributed by atoms with Crippen LogP contribution in [0.3, 0.4) is 0 Å². The Balaban J connectivity index is 1.68. The van der Waals surface area contributed by atoms with E-state index in [9.17, 15) is 0 Å². The van der Waals surface area contributed by atoms with Crippen molar-refractivity contribution in [3.63, 3.8) is 0 Å². The zero-order valence-corrected chi connectivity index (χ0v) is 10.7. The third kappa shape index (κ3) is 2.13. The van der Waals surface area contributed by atoms with Crippen LogP contribution in [0.25, 0.3) is 0 Å². The van der Waals surface area contributed by atoms with E-state index in [1.165, 1.54) is 44.2 Å². The number of hydrogen-bond donors (Lipinski definition) is 1. The first-order chi connectivity index (χ1) is 8.20. The van der Waals surface area contributed by atoms with Gasteiger partial charge in [-0.25, -0.2) is 0 Å². The first-order valence-electron chi connectivity index (χ1n) is 6.99. The van der Waals surface area contributed by atoms with Crippen molar-refractivity contribution in [2.24, 2.45) is 11.1 Å². The van der Waals surface area contributed by atoms with Gasteiger partial charge in [0.25, 0.3) is 0 Å². The summed E-state index contributed by atoms with van der Waals surface area (Å²) in [6.45, 7) is 2.14. The molecular weight excluding hydrogens is 210 g/mol. The van der Waals surface area contributed by atoms with Crippen LogP contribution in [0.4, 0.5) is 0 Å². The van der Waals surface area contributed by atoms with Gasteiger partial charge >= 0.3 is 0 Å². The van der Waals surface area contributed by atoms with Crippen molar-refractivity contribution in [1.82, 2.24) is 9.78 Å². The highest BCUT2D eigenvalue weighted by Gasteiger charge is 2.46. The van der Waals surface area contributed by atoms with Crippen LogP contribution >= 0.6 is 0 Å². The Morgan fingerprint density at radius 1 is 1.47 bits per heavy atom. The summed E-state index contributed by atoms with van der Waals surface area (Å²) >= 11 is 0. The molecule has 1 aromatic rings. The maximum atomic E-state index is 6.07. The fourth-order valence-electron chi connectivity index (χ4n) is 3.16. The molecule has 17 heavy (non-hydrogen) atoms. The monoisotopic (exact) mass is 233 g/mol. The Morgan fingerprint density at radius 3 is 2.76 bits per heavy atom. The molecule has 2 N–H and O–H groups in total. The Hall–Kier alpha value is -0.830. The Labute approximate surface area is 103 Å². The number of nitrogens with two attached hydrogens (primary N) is 1. The van der Waals surface area contributed by atoms with Crippen LogP contribution in [-0.2, 0) is 6.42 Å². The van der Waals surface area contributed by atoms with E-state index >= 15 is 0 Å². The second-order valence-corrected chi connectivity index (χ2v) is 6.05. The van der Waals surface area contributed by atoms with Crippen molar-refractivity contribution < 1.29 is 0 Å².